The van der Waals surface area contributed by atoms with Crippen molar-refractivity contribution in [3.05, 3.63) is 42.0 Å². The van der Waals surface area contributed by atoms with Crippen molar-refractivity contribution in [2.24, 2.45) is 0 Å². The first kappa shape index (κ1) is 15.0. The lowest BCUT2D eigenvalue weighted by atomic mass is 9.99. The van der Waals surface area contributed by atoms with Crippen molar-refractivity contribution in [2.75, 3.05) is 0 Å². The molecule has 0 aliphatic carbocycles. The first-order valence-corrected chi connectivity index (χ1v) is 8.46. The molecule has 0 atom stereocenters. The Hall–Kier alpha value is -1.39. The van der Waals surface area contributed by atoms with Crippen LogP contribution in [0.1, 0.15) is 38.2 Å². The van der Waals surface area contributed by atoms with E-state index in [2.05, 4.69) is 6.92 Å². The van der Waals surface area contributed by atoms with Gasteiger partial charge in [0, 0.05) is 5.39 Å². The van der Waals surface area contributed by atoms with Crippen molar-refractivity contribution in [1.29, 1.82) is 0 Å². The zero-order chi connectivity index (χ0) is 14.6. The van der Waals surface area contributed by atoms with E-state index in [1.807, 2.05) is 18.2 Å². The van der Waals surface area contributed by atoms with Crippen LogP contribution < -0.4 is 0 Å². The molecule has 0 saturated carbocycles. The van der Waals surface area contributed by atoms with Crippen molar-refractivity contribution < 1.29 is 13.0 Å². The molecule has 3 nitrogen and oxygen atoms in total. The highest BCUT2D eigenvalue weighted by molar-refractivity contribution is 7.86. The maximum atomic E-state index is 11.4. The summed E-state index contributed by atoms with van der Waals surface area (Å²) in [6, 6.07) is 10.7. The molecule has 0 amide bonds. The SMILES string of the molecule is CCCCCCc1ccc(S(=O)(=O)O)c2ccccc12. The fourth-order valence-electron chi connectivity index (χ4n) is 2.52. The molecule has 0 heterocycles. The van der Waals surface area contributed by atoms with Crippen LogP contribution in [0.2, 0.25) is 0 Å². The van der Waals surface area contributed by atoms with Crippen molar-refractivity contribution >= 4 is 20.9 Å². The minimum Gasteiger partial charge on any atom is -0.282 e. The van der Waals surface area contributed by atoms with Gasteiger partial charge in [0.05, 0.1) is 0 Å². The third-order valence-corrected chi connectivity index (χ3v) is 4.46. The number of fused-ring (bicyclic) bond motifs is 1. The summed E-state index contributed by atoms with van der Waals surface area (Å²) in [5, 5.41) is 1.52. The van der Waals surface area contributed by atoms with Gasteiger partial charge in [-0.3, -0.25) is 4.55 Å². The summed E-state index contributed by atoms with van der Waals surface area (Å²) in [5.41, 5.74) is 1.14. The van der Waals surface area contributed by atoms with E-state index in [4.69, 9.17) is 0 Å². The van der Waals surface area contributed by atoms with E-state index in [-0.39, 0.29) is 4.90 Å². The van der Waals surface area contributed by atoms with E-state index in [0.29, 0.717) is 5.39 Å². The van der Waals surface area contributed by atoms with Crippen LogP contribution in [0.4, 0.5) is 0 Å². The van der Waals surface area contributed by atoms with E-state index in [0.717, 1.165) is 23.8 Å². The molecule has 2 aromatic carbocycles. The van der Waals surface area contributed by atoms with Gasteiger partial charge < -0.3 is 0 Å². The lowest BCUT2D eigenvalue weighted by molar-refractivity contribution is 0.484. The Morgan fingerprint density at radius 1 is 0.950 bits per heavy atom. The Labute approximate surface area is 120 Å². The van der Waals surface area contributed by atoms with Crippen LogP contribution in [0.3, 0.4) is 0 Å². The largest absolute Gasteiger partial charge is 0.295 e. The predicted octanol–water partition coefficient (Wildman–Crippen LogP) is 4.21. The summed E-state index contributed by atoms with van der Waals surface area (Å²) >= 11 is 0. The van der Waals surface area contributed by atoms with Crippen LogP contribution >= 0.6 is 0 Å². The molecule has 0 spiro atoms. The number of unbranched alkanes of at least 4 members (excludes halogenated alkanes) is 3. The molecule has 108 valence electrons. The molecule has 2 aromatic rings. The zero-order valence-electron chi connectivity index (χ0n) is 11.7. The molecular weight excluding hydrogens is 272 g/mol. The number of aryl methyl sites for hydroxylation is 1. The topological polar surface area (TPSA) is 54.4 Å². The first-order chi connectivity index (χ1) is 9.54. The molecule has 2 rings (SSSR count). The van der Waals surface area contributed by atoms with Gasteiger partial charge in [0.1, 0.15) is 4.90 Å². The Bertz CT molecular complexity index is 690. The van der Waals surface area contributed by atoms with Crippen LogP contribution in [-0.4, -0.2) is 13.0 Å². The molecule has 0 unspecified atom stereocenters. The summed E-state index contributed by atoms with van der Waals surface area (Å²) in [7, 11) is -4.18. The third kappa shape index (κ3) is 3.38. The lowest BCUT2D eigenvalue weighted by Gasteiger charge is -2.09. The van der Waals surface area contributed by atoms with Gasteiger partial charge in [-0.1, -0.05) is 56.5 Å². The fourth-order valence-corrected chi connectivity index (χ4v) is 3.21. The van der Waals surface area contributed by atoms with Crippen LogP contribution in [-0.2, 0) is 16.5 Å². The van der Waals surface area contributed by atoms with Gasteiger partial charge in [0.25, 0.3) is 10.1 Å². The summed E-state index contributed by atoms with van der Waals surface area (Å²) in [4.78, 5) is -0.00888. The summed E-state index contributed by atoms with van der Waals surface area (Å²) < 4.78 is 32.1. The normalized spacial score (nSPS) is 11.9. The zero-order valence-corrected chi connectivity index (χ0v) is 12.5. The van der Waals surface area contributed by atoms with Crippen LogP contribution in [0.5, 0.6) is 0 Å². The van der Waals surface area contributed by atoms with Gasteiger partial charge in [0.15, 0.2) is 0 Å². The minimum atomic E-state index is -4.18. The van der Waals surface area contributed by atoms with Gasteiger partial charge in [-0.25, -0.2) is 0 Å². The third-order valence-electron chi connectivity index (χ3n) is 3.55. The van der Waals surface area contributed by atoms with E-state index in [1.54, 1.807) is 12.1 Å². The van der Waals surface area contributed by atoms with Crippen LogP contribution in [0.25, 0.3) is 10.8 Å². The lowest BCUT2D eigenvalue weighted by Crippen LogP contribution is -2.00. The van der Waals surface area contributed by atoms with Gasteiger partial charge >= 0.3 is 0 Å². The summed E-state index contributed by atoms with van der Waals surface area (Å²) in [5.74, 6) is 0. The molecular formula is C16H20O3S. The standard InChI is InChI=1S/C16H20O3S/c1-2-3-4-5-8-13-11-12-16(20(17,18)19)15-10-7-6-9-14(13)15/h6-7,9-12H,2-5,8H2,1H3,(H,17,18,19). The summed E-state index contributed by atoms with van der Waals surface area (Å²) in [6.07, 6.45) is 5.64. The van der Waals surface area contributed by atoms with Crippen LogP contribution in [0.15, 0.2) is 41.3 Å². The second-order valence-corrected chi connectivity index (χ2v) is 6.44. The highest BCUT2D eigenvalue weighted by atomic mass is 32.2. The molecule has 0 aromatic heterocycles. The smallest absolute Gasteiger partial charge is 0.282 e. The molecule has 0 aliphatic rings. The first-order valence-electron chi connectivity index (χ1n) is 7.02. The highest BCUT2D eigenvalue weighted by Crippen LogP contribution is 2.27. The van der Waals surface area contributed by atoms with Crippen molar-refractivity contribution in [3.63, 3.8) is 0 Å². The Morgan fingerprint density at radius 3 is 2.30 bits per heavy atom. The Kier molecular flexibility index (Phi) is 4.78. The number of rotatable bonds is 6. The molecule has 0 bridgehead atoms. The predicted molar refractivity (Wildman–Crippen MR) is 81.6 cm³/mol. The molecule has 20 heavy (non-hydrogen) atoms. The van der Waals surface area contributed by atoms with Crippen molar-refractivity contribution in [1.82, 2.24) is 0 Å². The van der Waals surface area contributed by atoms with Crippen molar-refractivity contribution in [3.8, 4) is 0 Å². The minimum absolute atomic E-state index is 0.00888. The fraction of sp³-hybridized carbons (Fsp3) is 0.375. The van der Waals surface area contributed by atoms with E-state index in [9.17, 15) is 13.0 Å². The molecule has 4 heteroatoms. The highest BCUT2D eigenvalue weighted by Gasteiger charge is 2.15. The maximum Gasteiger partial charge on any atom is 0.295 e. The van der Waals surface area contributed by atoms with Crippen molar-refractivity contribution in [2.45, 2.75) is 43.9 Å². The van der Waals surface area contributed by atoms with E-state index in [1.165, 1.54) is 25.3 Å². The van der Waals surface area contributed by atoms with Gasteiger partial charge in [0.2, 0.25) is 0 Å². The molecule has 0 fully saturated rings. The number of hydrogen-bond acceptors (Lipinski definition) is 2. The molecule has 1 N–H and O–H groups in total. The Balaban J connectivity index is 2.39. The average molecular weight is 292 g/mol. The second kappa shape index (κ2) is 6.37. The van der Waals surface area contributed by atoms with Gasteiger partial charge in [-0.15, -0.1) is 0 Å². The quantitative estimate of drug-likeness (QED) is 0.641. The molecule has 0 aliphatic heterocycles. The van der Waals surface area contributed by atoms with Crippen LogP contribution in [0, 0.1) is 0 Å². The maximum absolute atomic E-state index is 11.4. The van der Waals surface area contributed by atoms with Gasteiger partial charge in [-0.2, -0.15) is 8.42 Å². The number of hydrogen-bond donors (Lipinski definition) is 1. The van der Waals surface area contributed by atoms with E-state index >= 15 is 0 Å². The van der Waals surface area contributed by atoms with E-state index < -0.39 is 10.1 Å². The monoisotopic (exact) mass is 292 g/mol. The molecule has 0 radical (unpaired) electrons. The average Bonchev–Trinajstić information content (AvgIpc) is 2.42. The summed E-state index contributed by atoms with van der Waals surface area (Å²) in [6.45, 7) is 2.18. The van der Waals surface area contributed by atoms with Gasteiger partial charge in [-0.05, 0) is 29.9 Å². The molecule has 0 saturated heterocycles. The second-order valence-electron chi connectivity index (χ2n) is 5.05. The number of benzene rings is 2. The Morgan fingerprint density at radius 2 is 1.65 bits per heavy atom.